The Labute approximate surface area is 79.6 Å². The van der Waals surface area contributed by atoms with Gasteiger partial charge in [0.1, 0.15) is 5.25 Å². The summed E-state index contributed by atoms with van der Waals surface area (Å²) >= 11 is 1.07. The first-order valence-electron chi connectivity index (χ1n) is 3.75. The maximum atomic E-state index is 10.6. The van der Waals surface area contributed by atoms with Crippen LogP contribution in [0.1, 0.15) is 13.8 Å². The maximum absolute atomic E-state index is 10.6. The van der Waals surface area contributed by atoms with Gasteiger partial charge in [-0.1, -0.05) is 11.8 Å². The Bertz CT molecular complexity index is 277. The summed E-state index contributed by atoms with van der Waals surface area (Å²) in [7, 11) is 0. The molecule has 0 spiro atoms. The Hall–Kier alpha value is -1.04. The van der Waals surface area contributed by atoms with Crippen LogP contribution in [0.3, 0.4) is 0 Å². The maximum Gasteiger partial charge on any atom is 0.319 e. The van der Waals surface area contributed by atoms with Gasteiger partial charge in [-0.05, 0) is 6.92 Å². The Morgan fingerprint density at radius 3 is 2.62 bits per heavy atom. The number of amidine groups is 1. The van der Waals surface area contributed by atoms with Crippen LogP contribution in [0.15, 0.2) is 4.99 Å². The summed E-state index contributed by atoms with van der Waals surface area (Å²) < 4.78 is 0. The Balaban J connectivity index is 2.60. The zero-order valence-corrected chi connectivity index (χ0v) is 8.09. The van der Waals surface area contributed by atoms with Gasteiger partial charge in [-0.15, -0.1) is 0 Å². The topological polar surface area (TPSA) is 78.8 Å². The average molecular weight is 202 g/mol. The van der Waals surface area contributed by atoms with Crippen molar-refractivity contribution in [2.24, 2.45) is 4.99 Å². The molecular formula is C7H10N2O3S. The number of nitrogens with one attached hydrogen (secondary N) is 1. The van der Waals surface area contributed by atoms with E-state index in [1.807, 2.05) is 0 Å². The van der Waals surface area contributed by atoms with Gasteiger partial charge in [0.05, 0.1) is 6.04 Å². The van der Waals surface area contributed by atoms with Crippen LogP contribution in [0.2, 0.25) is 0 Å². The predicted octanol–water partition coefficient (Wildman–Crippen LogP) is 0.0670. The zero-order chi connectivity index (χ0) is 10.0. The van der Waals surface area contributed by atoms with Gasteiger partial charge in [0.25, 0.3) is 0 Å². The summed E-state index contributed by atoms with van der Waals surface area (Å²) in [6, 6.07) is -0.288. The summed E-state index contributed by atoms with van der Waals surface area (Å²) in [6.07, 6.45) is 0. The number of carbonyl (C=O) groups is 2. The summed E-state index contributed by atoms with van der Waals surface area (Å²) in [5.41, 5.74) is 0. The summed E-state index contributed by atoms with van der Waals surface area (Å²) in [5.74, 6) is -1.13. The summed E-state index contributed by atoms with van der Waals surface area (Å²) in [6.45, 7) is 3.07. The smallest absolute Gasteiger partial charge is 0.319 e. The molecule has 0 aromatic heterocycles. The Kier molecular flexibility index (Phi) is 2.92. The summed E-state index contributed by atoms with van der Waals surface area (Å²) in [4.78, 5) is 25.3. The van der Waals surface area contributed by atoms with Crippen molar-refractivity contribution >= 4 is 28.8 Å². The number of aliphatic imine (C=N–C) groups is 1. The second kappa shape index (κ2) is 3.78. The minimum absolute atomic E-state index is 0.232. The van der Waals surface area contributed by atoms with Gasteiger partial charge in [0, 0.05) is 6.92 Å². The van der Waals surface area contributed by atoms with Crippen LogP contribution in [-0.4, -0.2) is 33.4 Å². The number of carboxylic acid groups (broad SMARTS) is 1. The van der Waals surface area contributed by atoms with E-state index in [4.69, 9.17) is 5.11 Å². The molecule has 0 fully saturated rings. The monoisotopic (exact) mass is 202 g/mol. The number of hydrogen-bond acceptors (Lipinski definition) is 4. The number of thioether (sulfide) groups is 1. The molecule has 1 rings (SSSR count). The molecule has 2 N–H and O–H groups in total. The first-order chi connectivity index (χ1) is 6.00. The third kappa shape index (κ3) is 2.45. The van der Waals surface area contributed by atoms with Crippen molar-refractivity contribution in [1.82, 2.24) is 5.32 Å². The molecule has 72 valence electrons. The highest BCUT2D eigenvalue weighted by Crippen LogP contribution is 2.25. The lowest BCUT2D eigenvalue weighted by molar-refractivity contribution is -0.136. The van der Waals surface area contributed by atoms with Crippen LogP contribution in [-0.2, 0) is 9.59 Å². The number of carboxylic acids is 1. The number of nitrogens with zero attached hydrogens (tertiary/aromatic N) is 1. The number of rotatable bonds is 1. The number of amides is 1. The van der Waals surface area contributed by atoms with Crippen molar-refractivity contribution in [2.75, 3.05) is 0 Å². The van der Waals surface area contributed by atoms with E-state index >= 15 is 0 Å². The van der Waals surface area contributed by atoms with E-state index in [0.717, 1.165) is 11.8 Å². The van der Waals surface area contributed by atoms with Crippen molar-refractivity contribution < 1.29 is 14.7 Å². The van der Waals surface area contributed by atoms with E-state index in [9.17, 15) is 9.59 Å². The zero-order valence-electron chi connectivity index (χ0n) is 7.27. The lowest BCUT2D eigenvalue weighted by Gasteiger charge is -2.05. The molecule has 0 saturated carbocycles. The van der Waals surface area contributed by atoms with Gasteiger partial charge < -0.3 is 10.4 Å². The molecule has 5 nitrogen and oxygen atoms in total. The van der Waals surface area contributed by atoms with Gasteiger partial charge in [-0.2, -0.15) is 0 Å². The number of hydrogen-bond donors (Lipinski definition) is 2. The van der Waals surface area contributed by atoms with Gasteiger partial charge in [-0.3, -0.25) is 14.6 Å². The second-order valence-electron chi connectivity index (χ2n) is 2.73. The van der Waals surface area contributed by atoms with Crippen LogP contribution < -0.4 is 5.32 Å². The van der Waals surface area contributed by atoms with Crippen LogP contribution in [0.25, 0.3) is 0 Å². The SMILES string of the molecule is CC(=O)NC1=NC(C)C(C(=O)O)S1. The first-order valence-corrected chi connectivity index (χ1v) is 4.63. The van der Waals surface area contributed by atoms with E-state index in [-0.39, 0.29) is 11.9 Å². The van der Waals surface area contributed by atoms with Crippen LogP contribution >= 0.6 is 11.8 Å². The Morgan fingerprint density at radius 1 is 1.62 bits per heavy atom. The highest BCUT2D eigenvalue weighted by molar-refractivity contribution is 8.15. The van der Waals surface area contributed by atoms with E-state index in [1.165, 1.54) is 6.92 Å². The average Bonchev–Trinajstić information content (AvgIpc) is 2.29. The normalized spacial score (nSPS) is 26.8. The van der Waals surface area contributed by atoms with Crippen molar-refractivity contribution in [3.63, 3.8) is 0 Å². The van der Waals surface area contributed by atoms with E-state index in [1.54, 1.807) is 6.92 Å². The van der Waals surface area contributed by atoms with Gasteiger partial charge in [0.15, 0.2) is 5.17 Å². The van der Waals surface area contributed by atoms with Crippen molar-refractivity contribution in [3.05, 3.63) is 0 Å². The molecule has 2 unspecified atom stereocenters. The molecule has 6 heteroatoms. The number of carbonyl (C=O) groups excluding carboxylic acids is 1. The molecule has 1 amide bonds. The third-order valence-electron chi connectivity index (χ3n) is 1.52. The fraction of sp³-hybridized carbons (Fsp3) is 0.571. The molecule has 0 aliphatic carbocycles. The lowest BCUT2D eigenvalue weighted by atomic mass is 10.2. The Morgan fingerprint density at radius 2 is 2.23 bits per heavy atom. The fourth-order valence-corrected chi connectivity index (χ4v) is 2.00. The highest BCUT2D eigenvalue weighted by atomic mass is 32.2. The fourth-order valence-electron chi connectivity index (χ4n) is 0.971. The van der Waals surface area contributed by atoms with Crippen LogP contribution in [0.4, 0.5) is 0 Å². The largest absolute Gasteiger partial charge is 0.480 e. The molecule has 2 atom stereocenters. The molecule has 0 radical (unpaired) electrons. The van der Waals surface area contributed by atoms with E-state index < -0.39 is 11.2 Å². The first kappa shape index (κ1) is 10.0. The van der Waals surface area contributed by atoms with Crippen molar-refractivity contribution in [2.45, 2.75) is 25.1 Å². The molecule has 0 bridgehead atoms. The molecule has 0 saturated heterocycles. The molecule has 1 aliphatic rings. The highest BCUT2D eigenvalue weighted by Gasteiger charge is 2.32. The summed E-state index contributed by atoms with van der Waals surface area (Å²) in [5, 5.41) is 11.0. The van der Waals surface area contributed by atoms with Gasteiger partial charge >= 0.3 is 5.97 Å². The van der Waals surface area contributed by atoms with Crippen molar-refractivity contribution in [3.8, 4) is 0 Å². The van der Waals surface area contributed by atoms with E-state index in [0.29, 0.717) is 5.17 Å². The lowest BCUT2D eigenvalue weighted by Crippen LogP contribution is -2.26. The van der Waals surface area contributed by atoms with Crippen molar-refractivity contribution in [1.29, 1.82) is 0 Å². The van der Waals surface area contributed by atoms with Crippen LogP contribution in [0, 0.1) is 0 Å². The quantitative estimate of drug-likeness (QED) is 0.630. The second-order valence-corrected chi connectivity index (χ2v) is 3.86. The third-order valence-corrected chi connectivity index (χ3v) is 2.80. The molecule has 0 aromatic rings. The molecule has 13 heavy (non-hydrogen) atoms. The molecule has 1 aliphatic heterocycles. The van der Waals surface area contributed by atoms with Gasteiger partial charge in [0.2, 0.25) is 5.91 Å². The van der Waals surface area contributed by atoms with Crippen LogP contribution in [0.5, 0.6) is 0 Å². The minimum atomic E-state index is -0.901. The standard InChI is InChI=1S/C7H10N2O3S/c1-3-5(6(11)12)13-7(8-3)9-4(2)10/h3,5H,1-2H3,(H,11,12)(H,8,9,10). The van der Waals surface area contributed by atoms with Gasteiger partial charge in [-0.25, -0.2) is 0 Å². The number of aliphatic carboxylic acids is 1. The predicted molar refractivity (Wildman–Crippen MR) is 49.7 cm³/mol. The van der Waals surface area contributed by atoms with E-state index in [2.05, 4.69) is 10.3 Å². The minimum Gasteiger partial charge on any atom is -0.480 e. The molecule has 1 heterocycles. The molecular weight excluding hydrogens is 192 g/mol. The molecule has 0 aromatic carbocycles.